The monoisotopic (exact) mass is 378 g/mol. The summed E-state index contributed by atoms with van der Waals surface area (Å²) in [6, 6.07) is 4.81. The summed E-state index contributed by atoms with van der Waals surface area (Å²) in [7, 11) is 1.74. The van der Waals surface area contributed by atoms with E-state index in [4.69, 9.17) is 0 Å². The molecule has 3 aromatic heterocycles. The van der Waals surface area contributed by atoms with E-state index < -0.39 is 11.9 Å². The van der Waals surface area contributed by atoms with Gasteiger partial charge in [-0.05, 0) is 25.0 Å². The first-order valence-electron chi connectivity index (χ1n) is 8.47. The van der Waals surface area contributed by atoms with Crippen LogP contribution in [0.2, 0.25) is 0 Å². The van der Waals surface area contributed by atoms with Gasteiger partial charge >= 0.3 is 6.18 Å². The zero-order valence-electron chi connectivity index (χ0n) is 14.5. The van der Waals surface area contributed by atoms with E-state index in [9.17, 15) is 13.2 Å². The van der Waals surface area contributed by atoms with E-state index in [1.54, 1.807) is 18.1 Å². The molecule has 3 aromatic rings. The van der Waals surface area contributed by atoms with Crippen LogP contribution in [0.15, 0.2) is 30.7 Å². The number of fused-ring (bicyclic) bond motifs is 1. The fourth-order valence-electron chi connectivity index (χ4n) is 3.40. The van der Waals surface area contributed by atoms with E-state index in [2.05, 4.69) is 30.2 Å². The Bertz CT molecular complexity index is 926. The van der Waals surface area contributed by atoms with E-state index >= 15 is 0 Å². The Hall–Kier alpha value is -2.98. The molecule has 0 radical (unpaired) electrons. The quantitative estimate of drug-likeness (QED) is 0.688. The third kappa shape index (κ3) is 3.36. The minimum Gasteiger partial charge on any atom is -0.357 e. The number of alkyl halides is 3. The predicted molar refractivity (Wildman–Crippen MR) is 91.5 cm³/mol. The molecular formula is C16H17F3N8. The smallest absolute Gasteiger partial charge is 0.357 e. The van der Waals surface area contributed by atoms with Gasteiger partial charge in [0.15, 0.2) is 11.5 Å². The largest absolute Gasteiger partial charge is 0.433 e. The topological polar surface area (TPSA) is 75.3 Å². The lowest BCUT2D eigenvalue weighted by Gasteiger charge is -2.30. The summed E-state index contributed by atoms with van der Waals surface area (Å²) in [5.41, 5.74) is -0.984. The van der Waals surface area contributed by atoms with E-state index in [-0.39, 0.29) is 17.6 Å². The minimum atomic E-state index is -4.55. The second-order valence-corrected chi connectivity index (χ2v) is 6.42. The average Bonchev–Trinajstić information content (AvgIpc) is 3.29. The summed E-state index contributed by atoms with van der Waals surface area (Å²) in [6.07, 6.45) is 0.151. The molecule has 11 heteroatoms. The highest BCUT2D eigenvalue weighted by Gasteiger charge is 2.35. The summed E-state index contributed by atoms with van der Waals surface area (Å²) in [4.78, 5) is 11.2. The summed E-state index contributed by atoms with van der Waals surface area (Å²) < 4.78 is 40.9. The van der Waals surface area contributed by atoms with Gasteiger partial charge in [0.25, 0.3) is 5.78 Å². The van der Waals surface area contributed by atoms with Gasteiger partial charge in [-0.1, -0.05) is 0 Å². The van der Waals surface area contributed by atoms with Crippen LogP contribution < -0.4 is 9.80 Å². The molecule has 0 N–H and O–H groups in total. The van der Waals surface area contributed by atoms with Crippen LogP contribution in [-0.4, -0.2) is 56.0 Å². The number of rotatable bonds is 4. The minimum absolute atomic E-state index is 0.0797. The molecule has 0 amide bonds. The fourth-order valence-corrected chi connectivity index (χ4v) is 3.40. The Morgan fingerprint density at radius 3 is 2.93 bits per heavy atom. The van der Waals surface area contributed by atoms with Crippen molar-refractivity contribution in [1.82, 2.24) is 29.8 Å². The number of anilines is 2. The molecule has 1 atom stereocenters. The van der Waals surface area contributed by atoms with Crippen molar-refractivity contribution in [2.45, 2.75) is 25.1 Å². The van der Waals surface area contributed by atoms with Crippen LogP contribution in [0.25, 0.3) is 5.78 Å². The first-order valence-corrected chi connectivity index (χ1v) is 8.47. The maximum Gasteiger partial charge on any atom is 0.433 e. The van der Waals surface area contributed by atoms with Gasteiger partial charge < -0.3 is 9.80 Å². The molecule has 1 unspecified atom stereocenters. The van der Waals surface area contributed by atoms with Crippen LogP contribution in [-0.2, 0) is 6.18 Å². The van der Waals surface area contributed by atoms with Crippen molar-refractivity contribution in [3.05, 3.63) is 36.4 Å². The van der Waals surface area contributed by atoms with Crippen LogP contribution in [0.4, 0.5) is 24.8 Å². The highest BCUT2D eigenvalue weighted by Crippen LogP contribution is 2.31. The lowest BCUT2D eigenvalue weighted by atomic mass is 10.2. The van der Waals surface area contributed by atoms with Crippen molar-refractivity contribution in [2.24, 2.45) is 0 Å². The summed E-state index contributed by atoms with van der Waals surface area (Å²) in [6.45, 7) is 1.34. The van der Waals surface area contributed by atoms with Gasteiger partial charge in [-0.15, -0.1) is 5.10 Å². The third-order valence-electron chi connectivity index (χ3n) is 4.63. The molecule has 4 rings (SSSR count). The van der Waals surface area contributed by atoms with E-state index in [0.29, 0.717) is 6.54 Å². The Morgan fingerprint density at radius 2 is 2.19 bits per heavy atom. The van der Waals surface area contributed by atoms with Crippen LogP contribution in [0.1, 0.15) is 18.5 Å². The molecule has 27 heavy (non-hydrogen) atoms. The molecule has 142 valence electrons. The lowest BCUT2D eigenvalue weighted by Crippen LogP contribution is -2.40. The first kappa shape index (κ1) is 17.4. The van der Waals surface area contributed by atoms with Gasteiger partial charge in [0, 0.05) is 38.4 Å². The highest BCUT2D eigenvalue weighted by molar-refractivity contribution is 5.48. The van der Waals surface area contributed by atoms with Crippen molar-refractivity contribution in [3.63, 3.8) is 0 Å². The van der Waals surface area contributed by atoms with Crippen molar-refractivity contribution in [2.75, 3.05) is 29.9 Å². The van der Waals surface area contributed by atoms with Crippen LogP contribution in [0, 0.1) is 0 Å². The highest BCUT2D eigenvalue weighted by atomic mass is 19.4. The van der Waals surface area contributed by atoms with Crippen LogP contribution >= 0.6 is 0 Å². The van der Waals surface area contributed by atoms with Gasteiger partial charge in [-0.2, -0.15) is 32.9 Å². The van der Waals surface area contributed by atoms with Crippen molar-refractivity contribution >= 4 is 17.4 Å². The van der Waals surface area contributed by atoms with Gasteiger partial charge in [-0.3, -0.25) is 0 Å². The summed E-state index contributed by atoms with van der Waals surface area (Å²) in [5.74, 6) is 0.977. The number of likely N-dealkylation sites (N-methyl/N-ethyl adjacent to an activating group) is 1. The SMILES string of the molecule is CN(CC1CCCN1c1cccnn1)c1cc(C(F)(F)F)nc2ncnn12. The van der Waals surface area contributed by atoms with Gasteiger partial charge in [0.1, 0.15) is 12.1 Å². The third-order valence-corrected chi connectivity index (χ3v) is 4.63. The van der Waals surface area contributed by atoms with Gasteiger partial charge in [0.2, 0.25) is 0 Å². The summed E-state index contributed by atoms with van der Waals surface area (Å²) >= 11 is 0. The second-order valence-electron chi connectivity index (χ2n) is 6.42. The van der Waals surface area contributed by atoms with Crippen LogP contribution in [0.5, 0.6) is 0 Å². The number of hydrogen-bond donors (Lipinski definition) is 0. The molecule has 0 aromatic carbocycles. The first-order chi connectivity index (χ1) is 12.9. The predicted octanol–water partition coefficient (Wildman–Crippen LogP) is 2.04. The maximum absolute atomic E-state index is 13.2. The maximum atomic E-state index is 13.2. The van der Waals surface area contributed by atoms with E-state index in [0.717, 1.165) is 31.3 Å². The molecule has 4 heterocycles. The Morgan fingerprint density at radius 1 is 1.33 bits per heavy atom. The second kappa shape index (κ2) is 6.63. The van der Waals surface area contributed by atoms with Crippen molar-refractivity contribution < 1.29 is 13.2 Å². The van der Waals surface area contributed by atoms with Gasteiger partial charge in [-0.25, -0.2) is 4.98 Å². The van der Waals surface area contributed by atoms with Gasteiger partial charge in [0.05, 0.1) is 0 Å². The Balaban J connectivity index is 1.63. The fraction of sp³-hybridized carbons (Fsp3) is 0.438. The Kier molecular flexibility index (Phi) is 4.28. The molecule has 0 aliphatic carbocycles. The molecule has 1 aliphatic heterocycles. The molecule has 1 saturated heterocycles. The summed E-state index contributed by atoms with van der Waals surface area (Å²) in [5, 5.41) is 12.1. The van der Waals surface area contributed by atoms with Crippen LogP contribution in [0.3, 0.4) is 0 Å². The molecule has 0 saturated carbocycles. The van der Waals surface area contributed by atoms with E-state index in [1.807, 2.05) is 12.1 Å². The molecular weight excluding hydrogens is 361 g/mol. The molecule has 0 spiro atoms. The number of hydrogen-bond acceptors (Lipinski definition) is 7. The zero-order chi connectivity index (χ0) is 19.0. The van der Waals surface area contributed by atoms with Crippen molar-refractivity contribution in [3.8, 4) is 0 Å². The average molecular weight is 378 g/mol. The van der Waals surface area contributed by atoms with E-state index in [1.165, 1.54) is 10.8 Å². The lowest BCUT2D eigenvalue weighted by molar-refractivity contribution is -0.141. The standard InChI is InChI=1S/C16H17F3N8/c1-25(9-11-4-3-7-26(11)13-5-2-6-21-24-13)14-8-12(16(17,18)19)23-15-20-10-22-27(14)15/h2,5-6,8,10-11H,3-4,7,9H2,1H3. The Labute approximate surface area is 152 Å². The molecule has 0 bridgehead atoms. The number of halogens is 3. The number of nitrogens with zero attached hydrogens (tertiary/aromatic N) is 8. The molecule has 8 nitrogen and oxygen atoms in total. The molecule has 1 aliphatic rings. The zero-order valence-corrected chi connectivity index (χ0v) is 14.5. The molecule has 1 fully saturated rings. The van der Waals surface area contributed by atoms with Crippen molar-refractivity contribution in [1.29, 1.82) is 0 Å². The normalized spacial score (nSPS) is 17.6. The number of aromatic nitrogens is 6.